The third-order valence-electron chi connectivity index (χ3n) is 7.35. The number of methoxy groups -OCH3 is 1. The summed E-state index contributed by atoms with van der Waals surface area (Å²) >= 11 is 0. The molecule has 4 N–H and O–H groups in total. The minimum atomic E-state index is -4.63. The van der Waals surface area contributed by atoms with Crippen molar-refractivity contribution >= 4 is 12.0 Å². The molecule has 13 heteroatoms. The number of carbonyl (C=O) groups excluding carboxylic acids is 2. The smallest absolute Gasteiger partial charge is 0.416 e. The molecule has 0 saturated carbocycles. The van der Waals surface area contributed by atoms with Gasteiger partial charge in [0.25, 0.3) is 0 Å². The van der Waals surface area contributed by atoms with Crippen molar-refractivity contribution in [2.45, 2.75) is 57.2 Å². The molecule has 242 valence electrons. The average Bonchev–Trinajstić information content (AvgIpc) is 3.02. The Bertz CT molecular complexity index is 1470. The van der Waals surface area contributed by atoms with Crippen LogP contribution < -0.4 is 10.1 Å². The molecule has 0 aromatic heterocycles. The fourth-order valence-electron chi connectivity index (χ4n) is 4.88. The van der Waals surface area contributed by atoms with Crippen LogP contribution in [-0.4, -0.2) is 77.1 Å². The number of aliphatic hydroxyl groups is 3. The van der Waals surface area contributed by atoms with Crippen LogP contribution in [0.15, 0.2) is 66.7 Å². The van der Waals surface area contributed by atoms with Gasteiger partial charge in [0.2, 0.25) is 6.29 Å². The van der Waals surface area contributed by atoms with Gasteiger partial charge < -0.3 is 39.7 Å². The highest BCUT2D eigenvalue weighted by Gasteiger charge is 2.40. The molecular weight excluding hydrogens is 597 g/mol. The Morgan fingerprint density at radius 1 is 0.978 bits per heavy atom. The molecule has 1 saturated heterocycles. The monoisotopic (exact) mass is 632 g/mol. The summed E-state index contributed by atoms with van der Waals surface area (Å²) in [7, 11) is 1.40. The van der Waals surface area contributed by atoms with Crippen molar-refractivity contribution in [1.82, 2.24) is 10.2 Å². The number of halogens is 3. The summed E-state index contributed by atoms with van der Waals surface area (Å²) in [5, 5.41) is 32.3. The minimum absolute atomic E-state index is 0.156. The maximum absolute atomic E-state index is 13.8. The second kappa shape index (κ2) is 14.7. The molecule has 4 atom stereocenters. The predicted octanol–water partition coefficient (Wildman–Crippen LogP) is 3.64. The Labute approximate surface area is 258 Å². The molecule has 3 aromatic rings. The van der Waals surface area contributed by atoms with Gasteiger partial charge in [0.15, 0.2) is 0 Å². The Morgan fingerprint density at radius 2 is 1.71 bits per heavy atom. The van der Waals surface area contributed by atoms with Crippen LogP contribution in [0.5, 0.6) is 5.75 Å². The fourth-order valence-corrected chi connectivity index (χ4v) is 4.88. The number of benzene rings is 3. The molecule has 0 bridgehead atoms. The van der Waals surface area contributed by atoms with Gasteiger partial charge in [0.05, 0.1) is 25.7 Å². The number of urea groups is 1. The van der Waals surface area contributed by atoms with Gasteiger partial charge in [-0.25, -0.2) is 4.79 Å². The van der Waals surface area contributed by atoms with Crippen LogP contribution in [0.1, 0.15) is 29.2 Å². The number of nitrogens with one attached hydrogen (secondary N) is 1. The summed E-state index contributed by atoms with van der Waals surface area (Å²) in [6.45, 7) is 1.66. The molecule has 1 heterocycles. The predicted molar refractivity (Wildman–Crippen MR) is 156 cm³/mol. The van der Waals surface area contributed by atoms with Crippen molar-refractivity contribution in [3.05, 3.63) is 89.0 Å². The molecule has 0 radical (unpaired) electrons. The second-order valence-corrected chi connectivity index (χ2v) is 10.5. The SMILES string of the molecule is CCN(Cc1cc(C(F)(F)F)ccc1-c1cc(CC(=O)O[C@@H]2OC[C@@H](O)[C@H](O)[C@H]2O)ccc1OC)C(=O)NCc1ccccc1. The van der Waals surface area contributed by atoms with Crippen molar-refractivity contribution < 1.29 is 52.3 Å². The van der Waals surface area contributed by atoms with E-state index in [2.05, 4.69) is 5.32 Å². The second-order valence-electron chi connectivity index (χ2n) is 10.5. The lowest BCUT2D eigenvalue weighted by Crippen LogP contribution is -2.54. The Kier molecular flexibility index (Phi) is 11.0. The molecule has 3 aromatic carbocycles. The van der Waals surface area contributed by atoms with E-state index in [4.69, 9.17) is 14.2 Å². The number of hydrogen-bond acceptors (Lipinski definition) is 8. The van der Waals surface area contributed by atoms with Crippen LogP contribution in [0.3, 0.4) is 0 Å². The van der Waals surface area contributed by atoms with E-state index >= 15 is 0 Å². The van der Waals surface area contributed by atoms with Crippen LogP contribution in [0, 0.1) is 0 Å². The normalized spacial score (nSPS) is 19.9. The molecular formula is C32H35F3N2O8. The molecule has 2 amide bonds. The Hall–Kier alpha value is -4.17. The highest BCUT2D eigenvalue weighted by molar-refractivity contribution is 5.79. The van der Waals surface area contributed by atoms with Gasteiger partial charge in [0.1, 0.15) is 24.1 Å². The first-order valence-corrected chi connectivity index (χ1v) is 14.2. The highest BCUT2D eigenvalue weighted by Crippen LogP contribution is 2.38. The zero-order valence-corrected chi connectivity index (χ0v) is 24.7. The first-order valence-electron chi connectivity index (χ1n) is 14.2. The molecule has 45 heavy (non-hydrogen) atoms. The number of alkyl halides is 3. The molecule has 1 aliphatic heterocycles. The van der Waals surface area contributed by atoms with Crippen LogP contribution in [-0.2, 0) is 40.0 Å². The van der Waals surface area contributed by atoms with Gasteiger partial charge in [-0.2, -0.15) is 13.2 Å². The highest BCUT2D eigenvalue weighted by atomic mass is 19.4. The number of hydrogen-bond donors (Lipinski definition) is 4. The summed E-state index contributed by atoms with van der Waals surface area (Å²) in [5.41, 5.74) is 1.30. The number of amides is 2. The quantitative estimate of drug-likeness (QED) is 0.249. The zero-order chi connectivity index (χ0) is 32.7. The van der Waals surface area contributed by atoms with Gasteiger partial charge in [-0.05, 0) is 53.4 Å². The summed E-state index contributed by atoms with van der Waals surface area (Å²) in [4.78, 5) is 27.1. The number of aliphatic hydroxyl groups excluding tert-OH is 3. The lowest BCUT2D eigenvalue weighted by atomic mass is 9.94. The van der Waals surface area contributed by atoms with E-state index < -0.39 is 48.3 Å². The van der Waals surface area contributed by atoms with E-state index in [1.54, 1.807) is 25.1 Å². The van der Waals surface area contributed by atoms with E-state index in [0.717, 1.165) is 17.7 Å². The number of carbonyl (C=O) groups is 2. The summed E-state index contributed by atoms with van der Waals surface area (Å²) in [6.07, 6.45) is -11.0. The van der Waals surface area contributed by atoms with E-state index in [-0.39, 0.29) is 38.2 Å². The third kappa shape index (κ3) is 8.51. The maximum atomic E-state index is 13.8. The van der Waals surface area contributed by atoms with E-state index in [9.17, 15) is 38.1 Å². The molecule has 4 rings (SSSR count). The maximum Gasteiger partial charge on any atom is 0.416 e. The largest absolute Gasteiger partial charge is 0.496 e. The van der Waals surface area contributed by atoms with E-state index in [1.807, 2.05) is 30.3 Å². The van der Waals surface area contributed by atoms with Crippen molar-refractivity contribution in [3.8, 4) is 16.9 Å². The van der Waals surface area contributed by atoms with Gasteiger partial charge in [-0.15, -0.1) is 0 Å². The Balaban J connectivity index is 1.60. The molecule has 1 aliphatic rings. The van der Waals surface area contributed by atoms with E-state index in [0.29, 0.717) is 22.4 Å². The lowest BCUT2D eigenvalue weighted by Gasteiger charge is -2.34. The summed E-state index contributed by atoms with van der Waals surface area (Å²) < 4.78 is 57.1. The van der Waals surface area contributed by atoms with Crippen LogP contribution >= 0.6 is 0 Å². The van der Waals surface area contributed by atoms with Gasteiger partial charge in [-0.1, -0.05) is 42.5 Å². The molecule has 1 fully saturated rings. The van der Waals surface area contributed by atoms with Crippen LogP contribution in [0.25, 0.3) is 11.1 Å². The molecule has 0 spiro atoms. The topological polar surface area (TPSA) is 138 Å². The molecule has 0 aliphatic carbocycles. The lowest BCUT2D eigenvalue weighted by molar-refractivity contribution is -0.262. The zero-order valence-electron chi connectivity index (χ0n) is 24.7. The van der Waals surface area contributed by atoms with Crippen molar-refractivity contribution in [3.63, 3.8) is 0 Å². The Morgan fingerprint density at radius 3 is 2.38 bits per heavy atom. The van der Waals surface area contributed by atoms with Crippen molar-refractivity contribution in [1.29, 1.82) is 0 Å². The van der Waals surface area contributed by atoms with Crippen LogP contribution in [0.4, 0.5) is 18.0 Å². The third-order valence-corrected chi connectivity index (χ3v) is 7.35. The van der Waals surface area contributed by atoms with Gasteiger partial charge in [-0.3, -0.25) is 4.79 Å². The average molecular weight is 633 g/mol. The van der Waals surface area contributed by atoms with Crippen molar-refractivity contribution in [2.75, 3.05) is 20.3 Å². The summed E-state index contributed by atoms with van der Waals surface area (Å²) in [6, 6.07) is 16.6. The number of ether oxygens (including phenoxy) is 3. The minimum Gasteiger partial charge on any atom is -0.496 e. The van der Waals surface area contributed by atoms with Crippen LogP contribution in [0.2, 0.25) is 0 Å². The number of rotatable bonds is 10. The van der Waals surface area contributed by atoms with E-state index in [1.165, 1.54) is 18.1 Å². The first kappa shape index (κ1) is 33.7. The standard InChI is InChI=1S/C32H35F3N2O8/c1-3-37(31(42)36-16-19-7-5-4-6-8-19)17-21-15-22(32(33,34)35)10-11-23(21)24-13-20(9-12-26(24)43-2)14-27(39)45-30-29(41)28(40)25(38)18-44-30/h4-13,15,25,28-30,38,40-41H,3,14,16-18H2,1-2H3,(H,36,42)/t25-,28+,29-,30+/m1/s1. The first-order chi connectivity index (χ1) is 21.4. The fraction of sp³-hybridized carbons (Fsp3) is 0.375. The molecule has 0 unspecified atom stereocenters. The number of nitrogens with zero attached hydrogens (tertiary/aromatic N) is 1. The number of esters is 1. The molecule has 10 nitrogen and oxygen atoms in total. The van der Waals surface area contributed by atoms with Gasteiger partial charge >= 0.3 is 18.2 Å². The van der Waals surface area contributed by atoms with Crippen molar-refractivity contribution in [2.24, 2.45) is 0 Å². The van der Waals surface area contributed by atoms with Gasteiger partial charge in [0, 0.05) is 25.2 Å². The summed E-state index contributed by atoms with van der Waals surface area (Å²) in [5.74, 6) is -0.508.